The fourth-order valence-corrected chi connectivity index (χ4v) is 3.86. The number of carbonyl (C=O) groups is 1. The van der Waals surface area contributed by atoms with E-state index in [1.54, 1.807) is 0 Å². The Morgan fingerprint density at radius 2 is 1.96 bits per heavy atom. The molecule has 5 heteroatoms. The molecule has 0 N–H and O–H groups in total. The zero-order valence-corrected chi connectivity index (χ0v) is 16.4. The smallest absolute Gasteiger partial charge is 0.227 e. The van der Waals surface area contributed by atoms with Crippen LogP contribution in [0.4, 0.5) is 5.69 Å². The lowest BCUT2D eigenvalue weighted by Crippen LogP contribution is -2.24. The van der Waals surface area contributed by atoms with E-state index in [9.17, 15) is 4.79 Å². The molecule has 1 aliphatic heterocycles. The fourth-order valence-electron chi connectivity index (χ4n) is 3.86. The van der Waals surface area contributed by atoms with E-state index >= 15 is 0 Å². The van der Waals surface area contributed by atoms with Crippen molar-refractivity contribution in [1.82, 2.24) is 9.55 Å². The maximum Gasteiger partial charge on any atom is 0.227 e. The molecule has 0 aliphatic carbocycles. The average Bonchev–Trinajstić information content (AvgIpc) is 3.23. The van der Waals surface area contributed by atoms with Crippen LogP contribution in [0.1, 0.15) is 32.0 Å². The van der Waals surface area contributed by atoms with E-state index in [2.05, 4.69) is 17.2 Å². The van der Waals surface area contributed by atoms with Gasteiger partial charge in [-0.25, -0.2) is 4.98 Å². The number of anilines is 1. The molecule has 2 heterocycles. The first-order valence-electron chi connectivity index (χ1n) is 9.69. The molecule has 4 rings (SSSR count). The molecule has 1 aromatic heterocycles. The molecule has 2 aromatic carbocycles. The first-order valence-corrected chi connectivity index (χ1v) is 9.69. The van der Waals surface area contributed by atoms with Gasteiger partial charge in [-0.15, -0.1) is 0 Å². The Hall–Kier alpha value is -3.08. The fraction of sp³-hybridized carbons (Fsp3) is 0.304. The molecular weight excluding hydrogens is 350 g/mol. The van der Waals surface area contributed by atoms with Crippen molar-refractivity contribution in [2.45, 2.75) is 32.7 Å². The summed E-state index contributed by atoms with van der Waals surface area (Å²) < 4.78 is 7.71. The molecule has 0 spiro atoms. The van der Waals surface area contributed by atoms with Gasteiger partial charge in [0.25, 0.3) is 0 Å². The van der Waals surface area contributed by atoms with Crippen molar-refractivity contribution >= 4 is 22.6 Å². The minimum atomic E-state index is 0.0609. The van der Waals surface area contributed by atoms with Gasteiger partial charge < -0.3 is 14.2 Å². The second-order valence-corrected chi connectivity index (χ2v) is 7.33. The van der Waals surface area contributed by atoms with Crippen LogP contribution in [0.15, 0.2) is 60.7 Å². The molecule has 144 valence electrons. The molecular formula is C23H25N3O2. The minimum Gasteiger partial charge on any atom is -0.494 e. The van der Waals surface area contributed by atoms with Crippen molar-refractivity contribution in [2.75, 3.05) is 18.1 Å². The number of hydrogen-bond donors (Lipinski definition) is 0. The summed E-state index contributed by atoms with van der Waals surface area (Å²) in [6.45, 7) is 10.0. The Balaban J connectivity index is 1.64. The van der Waals surface area contributed by atoms with Gasteiger partial charge >= 0.3 is 0 Å². The lowest BCUT2D eigenvalue weighted by atomic mass is 10.1. The van der Waals surface area contributed by atoms with Crippen molar-refractivity contribution in [3.05, 3.63) is 66.5 Å². The number of fused-ring (bicyclic) bond motifs is 1. The Bertz CT molecular complexity index is 1020. The highest BCUT2D eigenvalue weighted by Crippen LogP contribution is 2.34. The van der Waals surface area contributed by atoms with Gasteiger partial charge in [-0.2, -0.15) is 0 Å². The molecule has 0 saturated carbocycles. The van der Waals surface area contributed by atoms with Crippen LogP contribution in [0.5, 0.6) is 5.75 Å². The molecule has 1 fully saturated rings. The quantitative estimate of drug-likeness (QED) is 0.595. The van der Waals surface area contributed by atoms with Gasteiger partial charge in [0.1, 0.15) is 11.6 Å². The summed E-state index contributed by atoms with van der Waals surface area (Å²) in [6, 6.07) is 15.8. The molecule has 3 aromatic rings. The van der Waals surface area contributed by atoms with Gasteiger partial charge in [0.05, 0.1) is 17.6 Å². The van der Waals surface area contributed by atoms with E-state index < -0.39 is 0 Å². The third kappa shape index (κ3) is 3.40. The van der Waals surface area contributed by atoms with Crippen LogP contribution >= 0.6 is 0 Å². The number of hydrogen-bond acceptors (Lipinski definition) is 3. The molecule has 0 radical (unpaired) electrons. The van der Waals surface area contributed by atoms with Crippen LogP contribution in [0.3, 0.4) is 0 Å². The zero-order valence-electron chi connectivity index (χ0n) is 16.4. The number of carbonyl (C=O) groups excluding carboxylic acids is 1. The van der Waals surface area contributed by atoms with Crippen LogP contribution in [-0.4, -0.2) is 28.6 Å². The second kappa shape index (κ2) is 7.50. The lowest BCUT2D eigenvalue weighted by Gasteiger charge is -2.18. The number of rotatable bonds is 6. The second-order valence-electron chi connectivity index (χ2n) is 7.33. The normalized spacial score (nSPS) is 16.7. The number of amides is 1. The molecule has 28 heavy (non-hydrogen) atoms. The highest BCUT2D eigenvalue weighted by molar-refractivity contribution is 5.96. The summed E-state index contributed by atoms with van der Waals surface area (Å²) in [7, 11) is 0. The van der Waals surface area contributed by atoms with Crippen LogP contribution in [-0.2, 0) is 11.3 Å². The summed E-state index contributed by atoms with van der Waals surface area (Å²) in [5.41, 5.74) is 4.02. The zero-order chi connectivity index (χ0) is 19.7. The monoisotopic (exact) mass is 375 g/mol. The number of allylic oxidation sites excluding steroid dienone is 1. The number of benzene rings is 2. The molecule has 1 aliphatic rings. The van der Waals surface area contributed by atoms with Gasteiger partial charge in [-0.3, -0.25) is 4.79 Å². The summed E-state index contributed by atoms with van der Waals surface area (Å²) >= 11 is 0. The van der Waals surface area contributed by atoms with Gasteiger partial charge in [0.15, 0.2) is 0 Å². The standard InChI is InChI=1S/C23H25N3O2/c1-4-28-19-11-9-18(10-12-19)25-15-17(13-22(25)27)23-24-20-7-5-6-8-21(20)26(23)14-16(2)3/h5-12,17H,2,4,13-15H2,1,3H3. The maximum atomic E-state index is 12.8. The third-order valence-electron chi connectivity index (χ3n) is 5.06. The third-order valence-corrected chi connectivity index (χ3v) is 5.06. The predicted molar refractivity (Wildman–Crippen MR) is 112 cm³/mol. The Morgan fingerprint density at radius 3 is 2.68 bits per heavy atom. The maximum absolute atomic E-state index is 12.8. The first-order chi connectivity index (χ1) is 13.6. The lowest BCUT2D eigenvalue weighted by molar-refractivity contribution is -0.117. The van der Waals surface area contributed by atoms with Crippen molar-refractivity contribution in [2.24, 2.45) is 0 Å². The van der Waals surface area contributed by atoms with Gasteiger partial charge in [-0.1, -0.05) is 24.3 Å². The van der Waals surface area contributed by atoms with Crippen LogP contribution in [0, 0.1) is 0 Å². The highest BCUT2D eigenvalue weighted by atomic mass is 16.5. The molecule has 1 amide bonds. The Labute approximate surface area is 165 Å². The van der Waals surface area contributed by atoms with Gasteiger partial charge in [0, 0.05) is 31.1 Å². The van der Waals surface area contributed by atoms with E-state index in [4.69, 9.17) is 9.72 Å². The predicted octanol–water partition coefficient (Wildman–Crippen LogP) is 4.53. The molecule has 0 bridgehead atoms. The van der Waals surface area contributed by atoms with Crippen molar-refractivity contribution in [3.63, 3.8) is 0 Å². The molecule has 1 saturated heterocycles. The van der Waals surface area contributed by atoms with Crippen LogP contribution in [0.25, 0.3) is 11.0 Å². The number of imidazole rings is 1. The number of ether oxygens (including phenoxy) is 1. The number of nitrogens with zero attached hydrogens (tertiary/aromatic N) is 3. The Kier molecular flexibility index (Phi) is 4.90. The number of para-hydroxylation sites is 2. The highest BCUT2D eigenvalue weighted by Gasteiger charge is 2.34. The first kappa shape index (κ1) is 18.3. The van der Waals surface area contributed by atoms with Crippen molar-refractivity contribution in [1.29, 1.82) is 0 Å². The van der Waals surface area contributed by atoms with E-state index in [1.165, 1.54) is 0 Å². The van der Waals surface area contributed by atoms with E-state index in [0.717, 1.165) is 33.9 Å². The molecule has 1 atom stereocenters. The molecule has 5 nitrogen and oxygen atoms in total. The number of aromatic nitrogens is 2. The van der Waals surface area contributed by atoms with E-state index in [0.29, 0.717) is 26.1 Å². The molecule has 1 unspecified atom stereocenters. The average molecular weight is 375 g/mol. The van der Waals surface area contributed by atoms with Crippen molar-refractivity contribution in [3.8, 4) is 5.75 Å². The SMILES string of the molecule is C=C(C)Cn1c(C2CC(=O)N(c3ccc(OCC)cc3)C2)nc2ccccc21. The minimum absolute atomic E-state index is 0.0609. The van der Waals surface area contributed by atoms with Crippen molar-refractivity contribution < 1.29 is 9.53 Å². The van der Waals surface area contributed by atoms with E-state index in [1.807, 2.05) is 61.2 Å². The van der Waals surface area contributed by atoms with Gasteiger partial charge in [0.2, 0.25) is 5.91 Å². The van der Waals surface area contributed by atoms with Gasteiger partial charge in [-0.05, 0) is 50.2 Å². The van der Waals surface area contributed by atoms with Crippen LogP contribution in [0.2, 0.25) is 0 Å². The van der Waals surface area contributed by atoms with Crippen LogP contribution < -0.4 is 9.64 Å². The summed E-state index contributed by atoms with van der Waals surface area (Å²) in [6.07, 6.45) is 0.465. The largest absolute Gasteiger partial charge is 0.494 e. The Morgan fingerprint density at radius 1 is 1.21 bits per heavy atom. The summed E-state index contributed by atoms with van der Waals surface area (Å²) in [4.78, 5) is 19.5. The summed E-state index contributed by atoms with van der Waals surface area (Å²) in [5.74, 6) is 1.97. The summed E-state index contributed by atoms with van der Waals surface area (Å²) in [5, 5.41) is 0. The topological polar surface area (TPSA) is 47.4 Å². The van der Waals surface area contributed by atoms with E-state index in [-0.39, 0.29) is 11.8 Å².